The lowest BCUT2D eigenvalue weighted by Gasteiger charge is -2.42. The van der Waals surface area contributed by atoms with E-state index in [1.165, 1.54) is 12.1 Å². The molecule has 0 N–H and O–H groups in total. The molecule has 0 saturated carbocycles. The van der Waals surface area contributed by atoms with Crippen LogP contribution in [-0.4, -0.2) is 30.6 Å². The molecule has 35 heavy (non-hydrogen) atoms. The Bertz CT molecular complexity index is 1240. The molecule has 2 aliphatic carbocycles. The van der Waals surface area contributed by atoms with Crippen LogP contribution in [-0.2, 0) is 16.2 Å². The van der Waals surface area contributed by atoms with Gasteiger partial charge in [0.15, 0.2) is 23.1 Å². The third-order valence-corrected chi connectivity index (χ3v) is 7.90. The lowest BCUT2D eigenvalue weighted by molar-refractivity contribution is -0.117. The van der Waals surface area contributed by atoms with Crippen molar-refractivity contribution in [2.24, 2.45) is 0 Å². The number of hydrogen-bond donors (Lipinski definition) is 0. The number of benzene rings is 2. The van der Waals surface area contributed by atoms with Gasteiger partial charge in [-0.2, -0.15) is 0 Å². The standard InChI is InChI=1S/C28H27FINO4/c1-31-20-8-4-10-22(32)26(20)25(27-21(31)9-5-11-23(27)33)17-13-19(30)28(24(14-17)34-2)35-15-16-6-3-7-18(29)12-16/h3,6-7,12-14,25H,4-5,8-11,15H2,1-2H3. The lowest BCUT2D eigenvalue weighted by Crippen LogP contribution is -2.37. The maximum atomic E-state index is 13.6. The van der Waals surface area contributed by atoms with Gasteiger partial charge in [-0.1, -0.05) is 12.1 Å². The summed E-state index contributed by atoms with van der Waals surface area (Å²) in [6.45, 7) is 0.194. The van der Waals surface area contributed by atoms with E-state index in [9.17, 15) is 14.0 Å². The minimum Gasteiger partial charge on any atom is -0.493 e. The molecule has 1 heterocycles. The molecular weight excluding hydrogens is 560 g/mol. The summed E-state index contributed by atoms with van der Waals surface area (Å²) in [4.78, 5) is 28.6. The molecule has 0 atom stereocenters. The first-order valence-corrected chi connectivity index (χ1v) is 13.0. The fourth-order valence-corrected chi connectivity index (χ4v) is 6.30. The van der Waals surface area contributed by atoms with Crippen LogP contribution in [0.1, 0.15) is 55.6 Å². The maximum Gasteiger partial charge on any atom is 0.174 e. The number of carbonyl (C=O) groups is 2. The van der Waals surface area contributed by atoms with Crippen LogP contribution in [0, 0.1) is 9.39 Å². The Morgan fingerprint density at radius 1 is 1.00 bits per heavy atom. The van der Waals surface area contributed by atoms with Crippen molar-refractivity contribution < 1.29 is 23.5 Å². The minimum atomic E-state index is -0.392. The second-order valence-electron chi connectivity index (χ2n) is 9.22. The first-order valence-electron chi connectivity index (χ1n) is 11.9. The molecule has 0 amide bonds. The van der Waals surface area contributed by atoms with Crippen molar-refractivity contribution in [2.45, 2.75) is 51.0 Å². The topological polar surface area (TPSA) is 55.8 Å². The van der Waals surface area contributed by atoms with Crippen molar-refractivity contribution in [3.8, 4) is 11.5 Å². The molecule has 2 aromatic carbocycles. The number of Topliss-reactive ketones (excluding diaryl/α,β-unsaturated/α-hetero) is 2. The highest BCUT2D eigenvalue weighted by Crippen LogP contribution is 2.50. The quantitative estimate of drug-likeness (QED) is 0.399. The number of carbonyl (C=O) groups excluding carboxylic acids is 2. The summed E-state index contributed by atoms with van der Waals surface area (Å²) >= 11 is 2.20. The van der Waals surface area contributed by atoms with Gasteiger partial charge in [-0.15, -0.1) is 0 Å². The molecule has 2 aromatic rings. The van der Waals surface area contributed by atoms with Gasteiger partial charge >= 0.3 is 0 Å². The van der Waals surface area contributed by atoms with Crippen molar-refractivity contribution in [2.75, 3.05) is 14.2 Å². The van der Waals surface area contributed by atoms with Gasteiger partial charge < -0.3 is 14.4 Å². The molecule has 0 radical (unpaired) electrons. The average Bonchev–Trinajstić information content (AvgIpc) is 2.84. The Balaban J connectivity index is 1.58. The molecule has 182 valence electrons. The Morgan fingerprint density at radius 2 is 1.66 bits per heavy atom. The zero-order chi connectivity index (χ0) is 24.7. The molecular formula is C28H27FINO4. The number of hydrogen-bond acceptors (Lipinski definition) is 5. The average molecular weight is 587 g/mol. The summed E-state index contributed by atoms with van der Waals surface area (Å²) in [5.74, 6) is 0.617. The first kappa shape index (κ1) is 24.0. The van der Waals surface area contributed by atoms with Crippen molar-refractivity contribution >= 4 is 34.2 Å². The highest BCUT2D eigenvalue weighted by molar-refractivity contribution is 14.1. The third-order valence-electron chi connectivity index (χ3n) is 7.10. The smallest absolute Gasteiger partial charge is 0.174 e. The summed E-state index contributed by atoms with van der Waals surface area (Å²) in [5, 5.41) is 0. The van der Waals surface area contributed by atoms with E-state index in [1.54, 1.807) is 19.2 Å². The minimum absolute atomic E-state index is 0.119. The van der Waals surface area contributed by atoms with Gasteiger partial charge in [-0.25, -0.2) is 4.39 Å². The summed E-state index contributed by atoms with van der Waals surface area (Å²) < 4.78 is 26.1. The number of rotatable bonds is 5. The number of halogens is 2. The van der Waals surface area contributed by atoms with Crippen LogP contribution in [0.25, 0.3) is 0 Å². The van der Waals surface area contributed by atoms with Gasteiger partial charge in [0.25, 0.3) is 0 Å². The van der Waals surface area contributed by atoms with E-state index in [2.05, 4.69) is 27.5 Å². The van der Waals surface area contributed by atoms with Crippen molar-refractivity contribution in [3.05, 3.63) is 79.5 Å². The van der Waals surface area contributed by atoms with Gasteiger partial charge in [-0.3, -0.25) is 9.59 Å². The van der Waals surface area contributed by atoms with E-state index < -0.39 is 5.92 Å². The van der Waals surface area contributed by atoms with Crippen LogP contribution in [0.3, 0.4) is 0 Å². The Hall–Kier alpha value is -2.68. The zero-order valence-electron chi connectivity index (χ0n) is 19.8. The Kier molecular flexibility index (Phi) is 6.70. The van der Waals surface area contributed by atoms with Crippen LogP contribution in [0.2, 0.25) is 0 Å². The Morgan fingerprint density at radius 3 is 2.26 bits per heavy atom. The molecule has 0 bridgehead atoms. The van der Waals surface area contributed by atoms with Crippen LogP contribution in [0.15, 0.2) is 58.9 Å². The molecule has 7 heteroatoms. The summed E-state index contributed by atoms with van der Waals surface area (Å²) in [5.41, 5.74) is 5.16. The molecule has 0 unspecified atom stereocenters. The van der Waals surface area contributed by atoms with Crippen LogP contribution in [0.5, 0.6) is 11.5 Å². The number of methoxy groups -OCH3 is 1. The van der Waals surface area contributed by atoms with Gasteiger partial charge in [0.2, 0.25) is 0 Å². The van der Waals surface area contributed by atoms with Crippen LogP contribution in [0.4, 0.5) is 4.39 Å². The summed E-state index contributed by atoms with van der Waals surface area (Å²) in [7, 11) is 3.57. The molecule has 3 aliphatic rings. The van der Waals surface area contributed by atoms with E-state index in [-0.39, 0.29) is 24.0 Å². The van der Waals surface area contributed by atoms with Gasteiger partial charge in [-0.05, 0) is 83.7 Å². The van der Waals surface area contributed by atoms with Crippen LogP contribution >= 0.6 is 22.6 Å². The largest absolute Gasteiger partial charge is 0.493 e. The Labute approximate surface area is 218 Å². The highest BCUT2D eigenvalue weighted by Gasteiger charge is 2.42. The molecule has 0 spiro atoms. The zero-order valence-corrected chi connectivity index (χ0v) is 22.0. The monoisotopic (exact) mass is 587 g/mol. The number of allylic oxidation sites excluding steroid dienone is 4. The van der Waals surface area contributed by atoms with Crippen molar-refractivity contribution in [3.63, 3.8) is 0 Å². The lowest BCUT2D eigenvalue weighted by atomic mass is 9.71. The van der Waals surface area contributed by atoms with E-state index in [0.29, 0.717) is 29.9 Å². The molecule has 0 aromatic heterocycles. The second-order valence-corrected chi connectivity index (χ2v) is 10.4. The summed E-state index contributed by atoms with van der Waals surface area (Å²) in [6.07, 6.45) is 4.34. The predicted molar refractivity (Wildman–Crippen MR) is 139 cm³/mol. The van der Waals surface area contributed by atoms with E-state index in [0.717, 1.165) is 57.4 Å². The van der Waals surface area contributed by atoms with E-state index in [1.807, 2.05) is 19.2 Å². The molecule has 5 nitrogen and oxygen atoms in total. The molecule has 5 rings (SSSR count). The molecule has 0 saturated heterocycles. The number of nitrogens with zero attached hydrogens (tertiary/aromatic N) is 1. The second kappa shape index (κ2) is 9.76. The normalized spacial score (nSPS) is 18.6. The number of ether oxygens (including phenoxy) is 2. The SMILES string of the molecule is COc1cc(C2C3=C(CCCC3=O)N(C)C3=C2C(=O)CCC3)cc(I)c1OCc1cccc(F)c1. The van der Waals surface area contributed by atoms with Crippen molar-refractivity contribution in [1.29, 1.82) is 0 Å². The van der Waals surface area contributed by atoms with E-state index in [4.69, 9.17) is 9.47 Å². The molecule has 1 aliphatic heterocycles. The highest BCUT2D eigenvalue weighted by atomic mass is 127. The first-order chi connectivity index (χ1) is 16.9. The maximum absolute atomic E-state index is 13.6. The third kappa shape index (κ3) is 4.39. The van der Waals surface area contributed by atoms with Crippen molar-refractivity contribution in [1.82, 2.24) is 4.90 Å². The fourth-order valence-electron chi connectivity index (χ4n) is 5.51. The van der Waals surface area contributed by atoms with Gasteiger partial charge in [0.05, 0.1) is 10.7 Å². The molecule has 0 fully saturated rings. The van der Waals surface area contributed by atoms with E-state index >= 15 is 0 Å². The fraction of sp³-hybridized carbons (Fsp3) is 0.357. The van der Waals surface area contributed by atoms with Gasteiger partial charge in [0, 0.05) is 48.3 Å². The number of ketones is 2. The predicted octanol–water partition coefficient (Wildman–Crippen LogP) is 6.06. The summed E-state index contributed by atoms with van der Waals surface area (Å²) in [6, 6.07) is 10.2. The van der Waals surface area contributed by atoms with Crippen LogP contribution < -0.4 is 9.47 Å². The van der Waals surface area contributed by atoms with Gasteiger partial charge in [0.1, 0.15) is 12.4 Å².